The highest BCUT2D eigenvalue weighted by Crippen LogP contribution is 2.47. The number of aromatic nitrogens is 16. The lowest BCUT2D eigenvalue weighted by Gasteiger charge is -2.22. The molecule has 0 saturated heterocycles. The van der Waals surface area contributed by atoms with E-state index in [1.54, 1.807) is 76.3 Å². The SMILES string of the molecule is CC(=O)C(C)NP(=O)(COCCn1cnc2c(=O)[nH]c(N)nc21)OCc1ccc(C)cc1.CC(=O)[C@H](C)NP(=O)(COCCn1cnc2c(=O)[nH]c(N)nc21)OCc1cccc(F)c1.CC(=O)[C@H](C)NP(=O)(COCCn1cnc2c(=O)[nH]c(N)nc21)OCc1ccccc1.[C-]#[N+]c1ccc(COP(=O)(COCCn2cnc3c(=O)[nH]c(N)nc32)NC(C)C(C)=O)cc1. The molecule has 0 saturated carbocycles. The molecule has 0 fully saturated rings. The normalized spacial score (nSPS) is 14.3. The van der Waals surface area contributed by atoms with Gasteiger partial charge >= 0.3 is 0 Å². The van der Waals surface area contributed by atoms with Crippen LogP contribution in [-0.4, -0.2) is 177 Å². The number of benzene rings is 4. The molecule has 0 radical (unpaired) electrons. The summed E-state index contributed by atoms with van der Waals surface area (Å²) in [5, 5.41) is 11.0. The Kier molecular flexibility index (Phi) is 36.4. The lowest BCUT2D eigenvalue weighted by atomic mass is 10.2. The fourth-order valence-electron chi connectivity index (χ4n) is 11.2. The summed E-state index contributed by atoms with van der Waals surface area (Å²) in [4.78, 5) is 139. The van der Waals surface area contributed by atoms with E-state index in [1.165, 1.54) is 71.2 Å². The summed E-state index contributed by atoms with van der Waals surface area (Å²) >= 11 is 0. The third kappa shape index (κ3) is 30.1. The largest absolute Gasteiger partial charge is 0.369 e. The van der Waals surface area contributed by atoms with Crippen molar-refractivity contribution in [1.82, 2.24) is 98.4 Å². The molecule has 0 aliphatic rings. The number of anilines is 4. The number of Topliss-reactive ketones (excluding diaryl/α,β-unsaturated/α-hetero) is 4. The number of aromatic amines is 4. The molecular weight excluding hydrogens is 1750 g/mol. The second-order valence-electron chi connectivity index (χ2n) is 28.9. The van der Waals surface area contributed by atoms with Gasteiger partial charge in [-0.3, -0.25) is 76.6 Å². The second-order valence-corrected chi connectivity index (χ2v) is 37.4. The molecule has 8 heterocycles. The Balaban J connectivity index is 0.000000193. The number of nitrogens with two attached hydrogens (primary N) is 4. The minimum atomic E-state index is -3.61. The van der Waals surface area contributed by atoms with Crippen molar-refractivity contribution in [3.05, 3.63) is 215 Å². The van der Waals surface area contributed by atoms with E-state index >= 15 is 0 Å². The molecule has 50 heteroatoms. The van der Waals surface area contributed by atoms with Crippen molar-refractivity contribution in [2.45, 2.75) is 139 Å². The molecule has 45 nitrogen and oxygen atoms in total. The molecule has 128 heavy (non-hydrogen) atoms. The fourth-order valence-corrected chi connectivity index (χ4v) is 18.1. The highest BCUT2D eigenvalue weighted by molar-refractivity contribution is 7.57. The molecule has 12 rings (SSSR count). The van der Waals surface area contributed by atoms with Crippen LogP contribution < -0.4 is 65.5 Å². The first-order valence-corrected chi connectivity index (χ1v) is 46.6. The van der Waals surface area contributed by atoms with Crippen LogP contribution in [0, 0.1) is 19.3 Å². The zero-order valence-corrected chi connectivity index (χ0v) is 74.8. The van der Waals surface area contributed by atoms with Crippen molar-refractivity contribution in [2.75, 3.05) is 74.8 Å². The first-order chi connectivity index (χ1) is 60.8. The van der Waals surface area contributed by atoms with Gasteiger partial charge in [-0.05, 0) is 96.7 Å². The molecule has 0 spiro atoms. The van der Waals surface area contributed by atoms with Gasteiger partial charge in [0.25, 0.3) is 52.3 Å². The first-order valence-electron chi connectivity index (χ1n) is 39.3. The van der Waals surface area contributed by atoms with Gasteiger partial charge in [-0.1, -0.05) is 96.6 Å². The number of nitrogens with one attached hydrogen (secondary N) is 8. The van der Waals surface area contributed by atoms with E-state index in [-0.39, 0.29) is 160 Å². The lowest BCUT2D eigenvalue weighted by Crippen LogP contribution is -2.32. The predicted molar refractivity (Wildman–Crippen MR) is 473 cm³/mol. The third-order valence-electron chi connectivity index (χ3n) is 18.6. The Morgan fingerprint density at radius 2 is 0.680 bits per heavy atom. The van der Waals surface area contributed by atoms with E-state index < -0.39 is 82.3 Å². The molecule has 16 N–H and O–H groups in total. The summed E-state index contributed by atoms with van der Waals surface area (Å²) in [6.07, 6.45) is 4.69. The van der Waals surface area contributed by atoms with Gasteiger partial charge < -0.3 is 78.2 Å². The van der Waals surface area contributed by atoms with Gasteiger partial charge in [0.1, 0.15) is 54.3 Å². The van der Waals surface area contributed by atoms with Crippen LogP contribution in [0.5, 0.6) is 0 Å². The van der Waals surface area contributed by atoms with Crippen LogP contribution in [0.1, 0.15) is 83.2 Å². The summed E-state index contributed by atoms with van der Waals surface area (Å²) in [6, 6.07) is 26.6. The molecule has 8 atom stereocenters. The Bertz CT molecular complexity index is 6340. The van der Waals surface area contributed by atoms with Crippen LogP contribution in [0.25, 0.3) is 49.5 Å². The number of H-pyrrole nitrogens is 4. The van der Waals surface area contributed by atoms with Gasteiger partial charge in [0, 0.05) is 26.2 Å². The maximum Gasteiger partial charge on any atom is 0.295 e. The van der Waals surface area contributed by atoms with Crippen molar-refractivity contribution in [3.63, 3.8) is 0 Å². The highest BCUT2D eigenvalue weighted by Gasteiger charge is 2.33. The zero-order valence-electron chi connectivity index (χ0n) is 71.2. The molecule has 8 aromatic heterocycles. The van der Waals surface area contributed by atoms with Crippen molar-refractivity contribution in [3.8, 4) is 0 Å². The predicted octanol–water partition coefficient (Wildman–Crippen LogP) is 7.61. The summed E-state index contributed by atoms with van der Waals surface area (Å²) in [7, 11) is -14.1. The maximum atomic E-state index is 13.4. The van der Waals surface area contributed by atoms with Gasteiger partial charge in [-0.2, -0.15) is 19.9 Å². The average molecular weight is 1850 g/mol. The number of fused-ring (bicyclic) bond motifs is 4. The standard InChI is InChI=1S/C20H24N7O5P.C20H27N6O5P.C19H24FN6O5P.C19H25N6O5P/c1-13(14(2)28)26-33(30,32-10-15-4-6-16(22-3)7-5-15)12-31-9-8-27-11-23-17-18(27)24-20(21)25-19(17)29;1-13-4-6-16(7-5-13)10-31-32(29,25-14(2)15(3)27)12-30-9-8-26-11-22-17-18(26)23-20(21)24-19(17)28;1-12(13(2)27)25-32(29,31-9-14-4-3-5-15(20)8-14)11-30-7-6-26-10-22-16-17(26)23-19(21)24-18(16)28;1-13(14(2)26)24-31(28,30-10-15-6-4-3-5-7-15)12-29-9-8-25-11-21-16-17(25)22-19(20)23-18(16)27/h4-7,11,13H,8-10,12H2,1-2H3,(H,26,30)(H3,21,24,25,29);4-7,11,14H,8-10,12H2,1-3H3,(H,25,29)(H3,21,23,24,28);3-5,8,10,12H,6-7,9,11H2,1-2H3,(H,25,29)(H3,21,23,24,28);3-7,11,13H,8-10,12H2,1-2H3,(H,24,28)(H3,20,22,23,27)/t;;12-,32?;13-,31?/m..00/s1. The van der Waals surface area contributed by atoms with E-state index in [2.05, 4.69) is 85.0 Å². The summed E-state index contributed by atoms with van der Waals surface area (Å²) < 4.78 is 118. The molecule has 0 aliphatic carbocycles. The number of hydrogen-bond donors (Lipinski definition) is 12. The number of aryl methyl sites for hydroxylation is 1. The van der Waals surface area contributed by atoms with Crippen LogP contribution in [0.15, 0.2) is 148 Å². The highest BCUT2D eigenvalue weighted by atomic mass is 31.2. The van der Waals surface area contributed by atoms with Crippen LogP contribution >= 0.6 is 30.1 Å². The molecule has 12 aromatic rings. The van der Waals surface area contributed by atoms with Crippen LogP contribution in [0.3, 0.4) is 0 Å². The third-order valence-corrected chi connectivity index (χ3v) is 26.0. The number of ether oxygens (including phenoxy) is 4. The number of hydrogen-bond acceptors (Lipinski definition) is 32. The number of imidazole rings is 4. The molecule has 6 unspecified atom stereocenters. The maximum absolute atomic E-state index is 13.4. The minimum absolute atomic E-state index is 0.00861. The number of carbonyl (C=O) groups is 4. The Hall–Kier alpha value is -12.0. The second kappa shape index (κ2) is 46.7. The number of carbonyl (C=O) groups excluding carboxylic acids is 4. The van der Waals surface area contributed by atoms with Crippen molar-refractivity contribution in [2.24, 2.45) is 0 Å². The van der Waals surface area contributed by atoms with Gasteiger partial charge in [0.15, 0.2) is 50.3 Å². The van der Waals surface area contributed by atoms with Crippen LogP contribution in [0.2, 0.25) is 0 Å². The molecule has 0 amide bonds. The summed E-state index contributed by atoms with van der Waals surface area (Å²) in [5.74, 6) is -1.28. The van der Waals surface area contributed by atoms with E-state index in [9.17, 15) is 61.0 Å². The number of nitrogen functional groups attached to an aromatic ring is 4. The number of nitrogens with zero attached hydrogens (tertiary/aromatic N) is 13. The van der Waals surface area contributed by atoms with Crippen molar-refractivity contribution >= 4 is 127 Å². The minimum Gasteiger partial charge on any atom is -0.369 e. The van der Waals surface area contributed by atoms with Crippen molar-refractivity contribution in [1.29, 1.82) is 0 Å². The zero-order chi connectivity index (χ0) is 93.0. The van der Waals surface area contributed by atoms with Crippen LogP contribution in [-0.2, 0) is 127 Å². The number of rotatable bonds is 44. The Morgan fingerprint density at radius 1 is 0.414 bits per heavy atom. The molecule has 0 bridgehead atoms. The van der Waals surface area contributed by atoms with Gasteiger partial charge in [0.05, 0.1) is 109 Å². The quantitative estimate of drug-likeness (QED) is 0.00992. The number of halogens is 1. The molecular formula is C78H100FN25O20P4. The van der Waals surface area contributed by atoms with Crippen LogP contribution in [0.4, 0.5) is 33.9 Å². The monoisotopic (exact) mass is 1850 g/mol. The van der Waals surface area contributed by atoms with Gasteiger partial charge in [0.2, 0.25) is 23.8 Å². The smallest absolute Gasteiger partial charge is 0.295 e. The van der Waals surface area contributed by atoms with Gasteiger partial charge in [-0.25, -0.2) is 49.5 Å². The molecule has 684 valence electrons. The van der Waals surface area contributed by atoms with E-state index in [0.717, 1.165) is 22.3 Å². The fraction of sp³-hybridized carbons (Fsp3) is 0.372. The first kappa shape index (κ1) is 99.8. The van der Waals surface area contributed by atoms with E-state index in [1.807, 2.05) is 61.5 Å². The van der Waals surface area contributed by atoms with Crippen molar-refractivity contribution < 1.29 is 78.9 Å². The molecule has 4 aromatic carbocycles. The van der Waals surface area contributed by atoms with E-state index in [0.29, 0.717) is 46.9 Å². The number of ketones is 4. The summed E-state index contributed by atoms with van der Waals surface area (Å²) in [6.45, 7) is 22.6. The molecule has 0 aliphatic heterocycles. The Labute approximate surface area is 730 Å². The average Bonchev–Trinajstić information content (AvgIpc) is 1.67. The topological polar surface area (TPSA) is 621 Å². The van der Waals surface area contributed by atoms with Gasteiger partial charge in [-0.15, -0.1) is 0 Å². The van der Waals surface area contributed by atoms with E-state index in [4.69, 9.17) is 66.5 Å². The Morgan fingerprint density at radius 3 is 0.953 bits per heavy atom. The summed E-state index contributed by atoms with van der Waals surface area (Å²) in [5.41, 5.74) is 27.0. The lowest BCUT2D eigenvalue weighted by molar-refractivity contribution is -0.119.